The fourth-order valence-electron chi connectivity index (χ4n) is 3.34. The summed E-state index contributed by atoms with van der Waals surface area (Å²) in [5, 5.41) is 13.7. The van der Waals surface area contributed by atoms with Crippen molar-refractivity contribution in [3.8, 4) is 6.07 Å². The van der Waals surface area contributed by atoms with Crippen LogP contribution in [-0.4, -0.2) is 34.3 Å². The van der Waals surface area contributed by atoms with E-state index in [-0.39, 0.29) is 24.3 Å². The fraction of sp³-hybridized carbons (Fsp3) is 0.269. The number of aryl methyl sites for hydroxylation is 1. The zero-order chi connectivity index (χ0) is 24.7. The van der Waals surface area contributed by atoms with Gasteiger partial charge in [-0.3, -0.25) is 4.79 Å². The summed E-state index contributed by atoms with van der Waals surface area (Å²) in [6.45, 7) is 6.30. The Labute approximate surface area is 203 Å². The Hall–Kier alpha value is -3.70. The first-order valence-corrected chi connectivity index (χ1v) is 11.8. The van der Waals surface area contributed by atoms with Gasteiger partial charge >= 0.3 is 6.03 Å². The zero-order valence-corrected chi connectivity index (χ0v) is 20.2. The van der Waals surface area contributed by atoms with Gasteiger partial charge in [-0.15, -0.1) is 11.3 Å². The number of hydrogen-bond donors (Lipinski definition) is 1. The van der Waals surface area contributed by atoms with E-state index >= 15 is 0 Å². The van der Waals surface area contributed by atoms with Crippen LogP contribution in [0.25, 0.3) is 0 Å². The molecule has 8 heteroatoms. The second kappa shape index (κ2) is 11.4. The van der Waals surface area contributed by atoms with Crippen molar-refractivity contribution in [2.75, 3.05) is 11.9 Å². The molecule has 176 valence electrons. The lowest BCUT2D eigenvalue weighted by Crippen LogP contribution is -2.47. The highest BCUT2D eigenvalue weighted by Crippen LogP contribution is 2.20. The number of rotatable bonds is 8. The number of benzene rings is 2. The lowest BCUT2D eigenvalue weighted by Gasteiger charge is -2.30. The van der Waals surface area contributed by atoms with Gasteiger partial charge in [-0.2, -0.15) is 5.26 Å². The SMILES string of the molecule is Cc1ccsc1CN(Cc1ccc(F)cc1)C(=O)CN(C(=O)Nc1ccc(C#N)cc1)C(C)C. The first-order valence-electron chi connectivity index (χ1n) is 10.9. The molecule has 0 aliphatic heterocycles. The maximum Gasteiger partial charge on any atom is 0.322 e. The minimum atomic E-state index is -0.401. The summed E-state index contributed by atoms with van der Waals surface area (Å²) in [5.41, 5.74) is 2.94. The molecular formula is C26H27FN4O2S. The molecule has 1 N–H and O–H groups in total. The average Bonchev–Trinajstić information content (AvgIpc) is 3.22. The van der Waals surface area contributed by atoms with Crippen LogP contribution in [0, 0.1) is 24.1 Å². The van der Waals surface area contributed by atoms with Gasteiger partial charge in [0.1, 0.15) is 12.4 Å². The summed E-state index contributed by atoms with van der Waals surface area (Å²) in [6.07, 6.45) is 0. The summed E-state index contributed by atoms with van der Waals surface area (Å²) >= 11 is 1.57. The molecule has 0 saturated heterocycles. The van der Waals surface area contributed by atoms with Crippen LogP contribution in [0.1, 0.15) is 35.4 Å². The predicted octanol–water partition coefficient (Wildman–Crippen LogP) is 5.54. The van der Waals surface area contributed by atoms with E-state index in [4.69, 9.17) is 5.26 Å². The number of anilines is 1. The smallest absolute Gasteiger partial charge is 0.322 e. The predicted molar refractivity (Wildman–Crippen MR) is 132 cm³/mol. The second-order valence-corrected chi connectivity index (χ2v) is 9.24. The standard InChI is InChI=1S/C26H27FN4O2S/c1-18(2)31(26(33)29-23-10-6-20(14-28)7-11-23)17-25(32)30(16-24-19(3)12-13-34-24)15-21-4-8-22(27)9-5-21/h4-13,18H,15-17H2,1-3H3,(H,29,33). The van der Waals surface area contributed by atoms with Gasteiger partial charge in [-0.05, 0) is 79.7 Å². The van der Waals surface area contributed by atoms with Gasteiger partial charge in [-0.1, -0.05) is 12.1 Å². The first kappa shape index (κ1) is 24.9. The van der Waals surface area contributed by atoms with E-state index in [2.05, 4.69) is 5.32 Å². The lowest BCUT2D eigenvalue weighted by atomic mass is 10.2. The molecule has 0 fully saturated rings. The fourth-order valence-corrected chi connectivity index (χ4v) is 4.26. The number of urea groups is 1. The average molecular weight is 479 g/mol. The molecule has 0 bridgehead atoms. The molecule has 34 heavy (non-hydrogen) atoms. The third-order valence-corrected chi connectivity index (χ3v) is 6.40. The first-order chi connectivity index (χ1) is 16.3. The maximum atomic E-state index is 13.4. The molecule has 3 amide bonds. The van der Waals surface area contributed by atoms with Gasteiger partial charge in [0.15, 0.2) is 0 Å². The topological polar surface area (TPSA) is 76.4 Å². The summed E-state index contributed by atoms with van der Waals surface area (Å²) in [4.78, 5) is 30.6. The highest BCUT2D eigenvalue weighted by molar-refractivity contribution is 7.10. The number of halogens is 1. The van der Waals surface area contributed by atoms with Crippen molar-refractivity contribution in [2.45, 2.75) is 39.9 Å². The van der Waals surface area contributed by atoms with Crippen molar-refractivity contribution in [1.29, 1.82) is 5.26 Å². The van der Waals surface area contributed by atoms with Crippen LogP contribution in [0.4, 0.5) is 14.9 Å². The van der Waals surface area contributed by atoms with E-state index in [1.807, 2.05) is 38.3 Å². The maximum absolute atomic E-state index is 13.4. The van der Waals surface area contributed by atoms with E-state index in [1.54, 1.807) is 52.6 Å². The molecule has 0 spiro atoms. The van der Waals surface area contributed by atoms with E-state index < -0.39 is 6.03 Å². The Bertz CT molecular complexity index is 1170. The molecule has 2 aromatic carbocycles. The normalized spacial score (nSPS) is 10.6. The minimum absolute atomic E-state index is 0.106. The van der Waals surface area contributed by atoms with Crippen LogP contribution in [0.2, 0.25) is 0 Å². The quantitative estimate of drug-likeness (QED) is 0.462. The Balaban J connectivity index is 1.76. The Kier molecular flexibility index (Phi) is 8.39. The number of carbonyl (C=O) groups is 2. The van der Waals surface area contributed by atoms with Gasteiger partial charge in [0, 0.05) is 23.2 Å². The Morgan fingerprint density at radius 1 is 1.06 bits per heavy atom. The molecule has 6 nitrogen and oxygen atoms in total. The van der Waals surface area contributed by atoms with E-state index in [0.29, 0.717) is 24.3 Å². The van der Waals surface area contributed by atoms with Crippen molar-refractivity contribution in [2.24, 2.45) is 0 Å². The molecule has 1 aromatic heterocycles. The van der Waals surface area contributed by atoms with Crippen molar-refractivity contribution in [3.05, 3.63) is 87.4 Å². The molecule has 0 saturated carbocycles. The van der Waals surface area contributed by atoms with Crippen molar-refractivity contribution >= 4 is 29.0 Å². The number of nitrogens with zero attached hydrogens (tertiary/aromatic N) is 3. The number of nitriles is 1. The van der Waals surface area contributed by atoms with E-state index in [1.165, 1.54) is 17.0 Å². The van der Waals surface area contributed by atoms with Crippen LogP contribution in [0.15, 0.2) is 60.0 Å². The molecule has 0 radical (unpaired) electrons. The molecule has 1 heterocycles. The Morgan fingerprint density at radius 2 is 1.74 bits per heavy atom. The molecule has 0 aliphatic carbocycles. The third-order valence-electron chi connectivity index (χ3n) is 5.40. The van der Waals surface area contributed by atoms with Crippen LogP contribution < -0.4 is 5.32 Å². The highest BCUT2D eigenvalue weighted by atomic mass is 32.1. The van der Waals surface area contributed by atoms with Crippen LogP contribution in [0.5, 0.6) is 0 Å². The number of thiophene rings is 1. The van der Waals surface area contributed by atoms with E-state index in [0.717, 1.165) is 16.0 Å². The highest BCUT2D eigenvalue weighted by Gasteiger charge is 2.24. The number of amides is 3. The molecule has 3 rings (SSSR count). The third kappa shape index (κ3) is 6.65. The van der Waals surface area contributed by atoms with Gasteiger partial charge < -0.3 is 15.1 Å². The molecule has 0 aliphatic rings. The van der Waals surface area contributed by atoms with Crippen molar-refractivity contribution in [3.63, 3.8) is 0 Å². The van der Waals surface area contributed by atoms with Crippen molar-refractivity contribution in [1.82, 2.24) is 9.80 Å². The molecule has 3 aromatic rings. The van der Waals surface area contributed by atoms with Crippen molar-refractivity contribution < 1.29 is 14.0 Å². The molecular weight excluding hydrogens is 451 g/mol. The van der Waals surface area contributed by atoms with Crippen LogP contribution in [-0.2, 0) is 17.9 Å². The summed E-state index contributed by atoms with van der Waals surface area (Å²) in [5.74, 6) is -0.540. The zero-order valence-electron chi connectivity index (χ0n) is 19.4. The molecule has 0 unspecified atom stereocenters. The van der Waals surface area contributed by atoms with Crippen LogP contribution in [0.3, 0.4) is 0 Å². The van der Waals surface area contributed by atoms with Gasteiger partial charge in [0.05, 0.1) is 18.2 Å². The largest absolute Gasteiger partial charge is 0.332 e. The second-order valence-electron chi connectivity index (χ2n) is 8.24. The monoisotopic (exact) mass is 478 g/mol. The van der Waals surface area contributed by atoms with Gasteiger partial charge in [0.2, 0.25) is 5.91 Å². The van der Waals surface area contributed by atoms with Gasteiger partial charge in [0.25, 0.3) is 0 Å². The van der Waals surface area contributed by atoms with E-state index in [9.17, 15) is 14.0 Å². The van der Waals surface area contributed by atoms with Gasteiger partial charge in [-0.25, -0.2) is 9.18 Å². The summed E-state index contributed by atoms with van der Waals surface area (Å²) in [6, 6.07) is 16.0. The molecule has 0 atom stereocenters. The summed E-state index contributed by atoms with van der Waals surface area (Å²) in [7, 11) is 0. The minimum Gasteiger partial charge on any atom is -0.332 e. The summed E-state index contributed by atoms with van der Waals surface area (Å²) < 4.78 is 13.4. The Morgan fingerprint density at radius 3 is 2.29 bits per heavy atom. The number of carbonyl (C=O) groups excluding carboxylic acids is 2. The number of nitrogens with one attached hydrogen (secondary N) is 1. The van der Waals surface area contributed by atoms with Crippen LogP contribution >= 0.6 is 11.3 Å². The lowest BCUT2D eigenvalue weighted by molar-refractivity contribution is -0.133. The number of hydrogen-bond acceptors (Lipinski definition) is 4.